The molecule has 0 saturated heterocycles. The van der Waals surface area contributed by atoms with Gasteiger partial charge in [0, 0.05) is 60.9 Å². The Balaban J connectivity index is 1.09. The number of aromatic nitrogens is 7. The summed E-state index contributed by atoms with van der Waals surface area (Å²) in [5.74, 6) is 2.79. The van der Waals surface area contributed by atoms with E-state index in [4.69, 9.17) is 19.9 Å². The van der Waals surface area contributed by atoms with E-state index >= 15 is 0 Å². The van der Waals surface area contributed by atoms with Crippen molar-refractivity contribution in [2.75, 3.05) is 0 Å². The van der Waals surface area contributed by atoms with Gasteiger partial charge < -0.3 is 9.13 Å². The SMILES string of the molecule is c1ccc(-c2nc(-c3ccccc3)nc(-c3ccc4c(c3)c3cc5c(cc3n4-c3ccccc3)c3cc(-n4c(-c6ccccc6)nc6ccccc64)ccc3n5-c3ccccc3)n2)cc1. The van der Waals surface area contributed by atoms with E-state index in [0.29, 0.717) is 17.5 Å². The van der Waals surface area contributed by atoms with Crippen molar-refractivity contribution in [3.05, 3.63) is 224 Å². The van der Waals surface area contributed by atoms with Crippen molar-refractivity contribution in [2.45, 2.75) is 0 Å². The molecule has 7 nitrogen and oxygen atoms in total. The molecule has 65 heavy (non-hydrogen) atoms. The van der Waals surface area contributed by atoms with Crippen LogP contribution in [-0.2, 0) is 0 Å². The van der Waals surface area contributed by atoms with E-state index in [0.717, 1.165) is 99.8 Å². The van der Waals surface area contributed by atoms with E-state index < -0.39 is 0 Å². The van der Waals surface area contributed by atoms with Crippen molar-refractivity contribution in [2.24, 2.45) is 0 Å². The van der Waals surface area contributed by atoms with Crippen molar-refractivity contribution in [3.63, 3.8) is 0 Å². The standard InChI is InChI=1S/C58H37N7/c1-6-18-38(19-7-1)55-60-56(39-20-8-2-9-21-39)62-57(61-55)41-30-32-50-45(34-41)47-36-54-48(37-53(47)63(50)42-24-12-4-13-25-42)46-35-44(31-33-51(46)64(54)43-26-14-5-15-27-43)65-52-29-17-16-28-49(52)59-58(65)40-22-10-3-11-23-40/h1-37H. The van der Waals surface area contributed by atoms with Crippen LogP contribution in [0.15, 0.2) is 224 Å². The summed E-state index contributed by atoms with van der Waals surface area (Å²) < 4.78 is 7.08. The van der Waals surface area contributed by atoms with Crippen molar-refractivity contribution in [1.29, 1.82) is 0 Å². The summed E-state index contributed by atoms with van der Waals surface area (Å²) in [6.07, 6.45) is 0. The van der Waals surface area contributed by atoms with Gasteiger partial charge in [0.2, 0.25) is 0 Å². The Morgan fingerprint density at radius 3 is 1.23 bits per heavy atom. The lowest BCUT2D eigenvalue weighted by Crippen LogP contribution is -2.00. The average Bonchev–Trinajstić information content (AvgIpc) is 4.04. The molecule has 0 aliphatic heterocycles. The maximum atomic E-state index is 5.18. The molecule has 0 N–H and O–H groups in total. The highest BCUT2D eigenvalue weighted by molar-refractivity contribution is 6.19. The minimum atomic E-state index is 0.620. The Morgan fingerprint density at radius 2 is 0.677 bits per heavy atom. The van der Waals surface area contributed by atoms with Crippen molar-refractivity contribution in [1.82, 2.24) is 33.6 Å². The van der Waals surface area contributed by atoms with Crippen LogP contribution in [0.4, 0.5) is 0 Å². The van der Waals surface area contributed by atoms with E-state index in [-0.39, 0.29) is 0 Å². The van der Waals surface area contributed by atoms with E-state index in [1.54, 1.807) is 0 Å². The smallest absolute Gasteiger partial charge is 0.164 e. The first-order valence-electron chi connectivity index (χ1n) is 21.8. The molecule has 7 heteroatoms. The van der Waals surface area contributed by atoms with Gasteiger partial charge in [0.25, 0.3) is 0 Å². The maximum absolute atomic E-state index is 5.18. The number of para-hydroxylation sites is 4. The van der Waals surface area contributed by atoms with Gasteiger partial charge >= 0.3 is 0 Å². The molecule has 0 fully saturated rings. The highest BCUT2D eigenvalue weighted by Crippen LogP contribution is 2.42. The van der Waals surface area contributed by atoms with Gasteiger partial charge in [-0.1, -0.05) is 140 Å². The molecule has 13 aromatic rings. The van der Waals surface area contributed by atoms with Crippen LogP contribution >= 0.6 is 0 Å². The number of fused-ring (bicyclic) bond motifs is 7. The van der Waals surface area contributed by atoms with Crippen LogP contribution in [0.3, 0.4) is 0 Å². The summed E-state index contributed by atoms with van der Waals surface area (Å²) in [5, 5.41) is 4.54. The summed E-state index contributed by atoms with van der Waals surface area (Å²) in [5.41, 5.74) is 13.5. The van der Waals surface area contributed by atoms with Crippen molar-refractivity contribution in [3.8, 4) is 62.6 Å². The van der Waals surface area contributed by atoms with Gasteiger partial charge in [0.1, 0.15) is 5.82 Å². The molecule has 0 saturated carbocycles. The normalized spacial score (nSPS) is 11.7. The topological polar surface area (TPSA) is 66.3 Å². The molecule has 0 atom stereocenters. The molecule has 0 radical (unpaired) electrons. The number of rotatable bonds is 7. The molecule has 9 aromatic carbocycles. The molecular formula is C58H37N7. The molecular weight excluding hydrogens is 795 g/mol. The fourth-order valence-electron chi connectivity index (χ4n) is 9.51. The molecule has 0 aliphatic carbocycles. The number of imidazole rings is 1. The van der Waals surface area contributed by atoms with Gasteiger partial charge in [0.05, 0.1) is 33.1 Å². The Labute approximate surface area is 373 Å². The third-order valence-corrected chi connectivity index (χ3v) is 12.5. The lowest BCUT2D eigenvalue weighted by molar-refractivity contribution is 1.07. The van der Waals surface area contributed by atoms with E-state index in [9.17, 15) is 0 Å². The fraction of sp³-hybridized carbons (Fsp3) is 0. The summed E-state index contributed by atoms with van der Waals surface area (Å²) in [6, 6.07) is 78.7. The molecule has 304 valence electrons. The minimum absolute atomic E-state index is 0.620. The molecule has 0 bridgehead atoms. The van der Waals surface area contributed by atoms with Crippen LogP contribution in [0.2, 0.25) is 0 Å². The van der Waals surface area contributed by atoms with Gasteiger partial charge in [-0.2, -0.15) is 0 Å². The summed E-state index contributed by atoms with van der Waals surface area (Å²) >= 11 is 0. The van der Waals surface area contributed by atoms with E-state index in [1.165, 1.54) is 0 Å². The van der Waals surface area contributed by atoms with Crippen molar-refractivity contribution >= 4 is 54.6 Å². The van der Waals surface area contributed by atoms with Crippen LogP contribution in [-0.4, -0.2) is 33.6 Å². The molecule has 4 aromatic heterocycles. The highest BCUT2D eigenvalue weighted by Gasteiger charge is 2.22. The molecule has 13 rings (SSSR count). The molecule has 4 heterocycles. The van der Waals surface area contributed by atoms with Crippen LogP contribution < -0.4 is 0 Å². The van der Waals surface area contributed by atoms with Crippen LogP contribution in [0.1, 0.15) is 0 Å². The lowest BCUT2D eigenvalue weighted by Gasteiger charge is -2.11. The zero-order chi connectivity index (χ0) is 42.8. The Kier molecular flexibility index (Phi) is 8.39. The second-order valence-electron chi connectivity index (χ2n) is 16.3. The minimum Gasteiger partial charge on any atom is -0.309 e. The summed E-state index contributed by atoms with van der Waals surface area (Å²) in [7, 11) is 0. The monoisotopic (exact) mass is 831 g/mol. The first kappa shape index (κ1) is 36.7. The maximum Gasteiger partial charge on any atom is 0.164 e. The number of hydrogen-bond acceptors (Lipinski definition) is 4. The Bertz CT molecular complexity index is 3850. The zero-order valence-corrected chi connectivity index (χ0v) is 35.0. The quantitative estimate of drug-likeness (QED) is 0.160. The first-order valence-corrected chi connectivity index (χ1v) is 21.8. The Hall–Kier alpha value is -8.94. The highest BCUT2D eigenvalue weighted by atomic mass is 15.1. The molecule has 0 spiro atoms. The molecule has 0 unspecified atom stereocenters. The third-order valence-electron chi connectivity index (χ3n) is 12.5. The number of benzene rings is 9. The number of hydrogen-bond donors (Lipinski definition) is 0. The average molecular weight is 832 g/mol. The zero-order valence-electron chi connectivity index (χ0n) is 35.0. The summed E-state index contributed by atoms with van der Waals surface area (Å²) in [4.78, 5) is 20.4. The van der Waals surface area contributed by atoms with Crippen LogP contribution in [0.5, 0.6) is 0 Å². The second kappa shape index (κ2) is 14.9. The van der Waals surface area contributed by atoms with Gasteiger partial charge in [-0.25, -0.2) is 19.9 Å². The lowest BCUT2D eigenvalue weighted by atomic mass is 10.1. The first-order chi connectivity index (χ1) is 32.2. The summed E-state index contributed by atoms with van der Waals surface area (Å²) in [6.45, 7) is 0. The fourth-order valence-corrected chi connectivity index (χ4v) is 9.51. The van der Waals surface area contributed by atoms with Gasteiger partial charge in [-0.3, -0.25) is 4.57 Å². The largest absolute Gasteiger partial charge is 0.309 e. The van der Waals surface area contributed by atoms with Gasteiger partial charge in [0.15, 0.2) is 17.5 Å². The second-order valence-corrected chi connectivity index (χ2v) is 16.3. The molecule has 0 amide bonds. The third kappa shape index (κ3) is 6.05. The van der Waals surface area contributed by atoms with Gasteiger partial charge in [-0.15, -0.1) is 0 Å². The van der Waals surface area contributed by atoms with Crippen molar-refractivity contribution < 1.29 is 0 Å². The van der Waals surface area contributed by atoms with Gasteiger partial charge in [-0.05, 0) is 84.9 Å². The van der Waals surface area contributed by atoms with Crippen LogP contribution in [0, 0.1) is 0 Å². The van der Waals surface area contributed by atoms with E-state index in [2.05, 4.69) is 171 Å². The van der Waals surface area contributed by atoms with E-state index in [1.807, 2.05) is 66.7 Å². The predicted octanol–water partition coefficient (Wildman–Crippen LogP) is 14.1. The predicted molar refractivity (Wildman–Crippen MR) is 265 cm³/mol. The molecule has 0 aliphatic rings. The number of nitrogens with zero attached hydrogens (tertiary/aromatic N) is 7. The van der Waals surface area contributed by atoms with Crippen LogP contribution in [0.25, 0.3) is 117 Å². The Morgan fingerprint density at radius 1 is 0.246 bits per heavy atom.